The molecule has 0 fully saturated rings. The van der Waals surface area contributed by atoms with Crippen molar-refractivity contribution in [1.82, 2.24) is 9.97 Å². The standard InChI is InChI=1S/C10H15N3O3S/c11-4-1-9-12-8-3-6-17(15,16)5-2-7(8)10(14)13-9/h1-6,11H2,(H,12,13,14). The molecule has 2 heterocycles. The third kappa shape index (κ3) is 2.73. The van der Waals surface area contributed by atoms with Crippen LogP contribution >= 0.6 is 0 Å². The Bertz CT molecular complexity index is 577. The number of aromatic nitrogens is 2. The van der Waals surface area contributed by atoms with Gasteiger partial charge in [-0.3, -0.25) is 4.79 Å². The van der Waals surface area contributed by atoms with Crippen molar-refractivity contribution < 1.29 is 8.42 Å². The molecule has 1 aliphatic rings. The summed E-state index contributed by atoms with van der Waals surface area (Å²) in [6.45, 7) is 0.403. The monoisotopic (exact) mass is 257 g/mol. The van der Waals surface area contributed by atoms with Crippen molar-refractivity contribution in [3.63, 3.8) is 0 Å². The van der Waals surface area contributed by atoms with Crippen molar-refractivity contribution in [1.29, 1.82) is 0 Å². The first kappa shape index (κ1) is 12.3. The molecule has 0 bridgehead atoms. The van der Waals surface area contributed by atoms with Gasteiger partial charge >= 0.3 is 0 Å². The first-order valence-corrected chi connectivity index (χ1v) is 7.35. The maximum absolute atomic E-state index is 11.8. The maximum Gasteiger partial charge on any atom is 0.254 e. The molecule has 1 aliphatic heterocycles. The lowest BCUT2D eigenvalue weighted by molar-refractivity contribution is 0.596. The molecular formula is C10H15N3O3S. The highest BCUT2D eigenvalue weighted by molar-refractivity contribution is 7.91. The lowest BCUT2D eigenvalue weighted by Crippen LogP contribution is -2.21. The van der Waals surface area contributed by atoms with E-state index in [0.29, 0.717) is 36.5 Å². The summed E-state index contributed by atoms with van der Waals surface area (Å²) in [5, 5.41) is 0. The summed E-state index contributed by atoms with van der Waals surface area (Å²) >= 11 is 0. The van der Waals surface area contributed by atoms with Crippen molar-refractivity contribution in [2.24, 2.45) is 5.73 Å². The summed E-state index contributed by atoms with van der Waals surface area (Å²) in [5.41, 5.74) is 6.29. The fourth-order valence-electron chi connectivity index (χ4n) is 1.93. The van der Waals surface area contributed by atoms with Gasteiger partial charge in [-0.25, -0.2) is 13.4 Å². The van der Waals surface area contributed by atoms with Crippen LogP contribution < -0.4 is 11.3 Å². The van der Waals surface area contributed by atoms with Crippen LogP contribution in [0.1, 0.15) is 17.1 Å². The summed E-state index contributed by atoms with van der Waals surface area (Å²) in [6.07, 6.45) is 1.07. The van der Waals surface area contributed by atoms with Gasteiger partial charge in [0.2, 0.25) is 0 Å². The molecule has 0 radical (unpaired) electrons. The summed E-state index contributed by atoms with van der Waals surface area (Å²) in [6, 6.07) is 0. The van der Waals surface area contributed by atoms with Crippen LogP contribution in [0.25, 0.3) is 0 Å². The topological polar surface area (TPSA) is 106 Å². The number of rotatable bonds is 2. The molecule has 0 atom stereocenters. The summed E-state index contributed by atoms with van der Waals surface area (Å²) < 4.78 is 23.0. The van der Waals surface area contributed by atoms with Gasteiger partial charge in [-0.1, -0.05) is 0 Å². The second-order valence-corrected chi connectivity index (χ2v) is 6.43. The van der Waals surface area contributed by atoms with Crippen LogP contribution in [0.2, 0.25) is 0 Å². The van der Waals surface area contributed by atoms with Crippen LogP contribution in [0.5, 0.6) is 0 Å². The van der Waals surface area contributed by atoms with Crippen molar-refractivity contribution in [2.45, 2.75) is 19.3 Å². The van der Waals surface area contributed by atoms with Gasteiger partial charge in [0.1, 0.15) is 5.82 Å². The molecule has 0 aliphatic carbocycles. The number of fused-ring (bicyclic) bond motifs is 1. The second kappa shape index (κ2) is 4.58. The number of hydrogen-bond donors (Lipinski definition) is 2. The van der Waals surface area contributed by atoms with Gasteiger partial charge in [0.25, 0.3) is 5.56 Å². The molecular weight excluding hydrogens is 242 g/mol. The quantitative estimate of drug-likeness (QED) is 0.691. The molecule has 1 aromatic rings. The third-order valence-corrected chi connectivity index (χ3v) is 4.50. The van der Waals surface area contributed by atoms with E-state index in [4.69, 9.17) is 5.73 Å². The van der Waals surface area contributed by atoms with E-state index >= 15 is 0 Å². The molecule has 7 heteroatoms. The van der Waals surface area contributed by atoms with E-state index < -0.39 is 9.84 Å². The van der Waals surface area contributed by atoms with Gasteiger partial charge in [0.15, 0.2) is 9.84 Å². The number of aromatic amines is 1. The van der Waals surface area contributed by atoms with Crippen LogP contribution in [0.4, 0.5) is 0 Å². The van der Waals surface area contributed by atoms with Crippen molar-refractivity contribution >= 4 is 9.84 Å². The Balaban J connectivity index is 2.43. The van der Waals surface area contributed by atoms with E-state index in [-0.39, 0.29) is 23.5 Å². The minimum absolute atomic E-state index is 0.0288. The number of nitrogens with one attached hydrogen (secondary N) is 1. The van der Waals surface area contributed by atoms with Crippen LogP contribution in [0.3, 0.4) is 0 Å². The van der Waals surface area contributed by atoms with Gasteiger partial charge in [-0.15, -0.1) is 0 Å². The van der Waals surface area contributed by atoms with Gasteiger partial charge in [0, 0.05) is 18.4 Å². The maximum atomic E-state index is 11.8. The third-order valence-electron chi connectivity index (χ3n) is 2.84. The average molecular weight is 257 g/mol. The van der Waals surface area contributed by atoms with Crippen LogP contribution in [0.15, 0.2) is 4.79 Å². The number of aryl methyl sites for hydroxylation is 1. The largest absolute Gasteiger partial charge is 0.330 e. The highest BCUT2D eigenvalue weighted by atomic mass is 32.2. The number of H-pyrrole nitrogens is 1. The zero-order valence-electron chi connectivity index (χ0n) is 9.40. The fraction of sp³-hybridized carbons (Fsp3) is 0.600. The first-order valence-electron chi connectivity index (χ1n) is 5.53. The van der Waals surface area contributed by atoms with Gasteiger partial charge < -0.3 is 10.7 Å². The van der Waals surface area contributed by atoms with Crippen LogP contribution in [0, 0.1) is 0 Å². The Morgan fingerprint density at radius 2 is 2.00 bits per heavy atom. The number of nitrogens with zero attached hydrogens (tertiary/aromatic N) is 1. The second-order valence-electron chi connectivity index (χ2n) is 4.13. The summed E-state index contributed by atoms with van der Waals surface area (Å²) in [4.78, 5) is 18.7. The Morgan fingerprint density at radius 3 is 2.71 bits per heavy atom. The van der Waals surface area contributed by atoms with E-state index in [9.17, 15) is 13.2 Å². The SMILES string of the molecule is NCCc1nc2c(c(=O)[nH]1)CCS(=O)(=O)CC2. The van der Waals surface area contributed by atoms with Crippen molar-refractivity contribution in [3.8, 4) is 0 Å². The van der Waals surface area contributed by atoms with E-state index in [2.05, 4.69) is 9.97 Å². The fourth-order valence-corrected chi connectivity index (χ4v) is 3.15. The molecule has 3 N–H and O–H groups in total. The normalized spacial score (nSPS) is 18.4. The molecule has 0 saturated heterocycles. The number of nitrogens with two attached hydrogens (primary N) is 1. The lowest BCUT2D eigenvalue weighted by atomic mass is 10.1. The molecule has 2 rings (SSSR count). The minimum atomic E-state index is -3.05. The number of hydrogen-bond acceptors (Lipinski definition) is 5. The molecule has 6 nitrogen and oxygen atoms in total. The molecule has 1 aromatic heterocycles. The smallest absolute Gasteiger partial charge is 0.254 e. The molecule has 0 unspecified atom stereocenters. The van der Waals surface area contributed by atoms with E-state index in [0.717, 1.165) is 0 Å². The summed E-state index contributed by atoms with van der Waals surface area (Å²) in [7, 11) is -3.05. The Labute approximate surface area is 99.2 Å². The molecule has 17 heavy (non-hydrogen) atoms. The lowest BCUT2D eigenvalue weighted by Gasteiger charge is -2.05. The van der Waals surface area contributed by atoms with Crippen LogP contribution in [-0.4, -0.2) is 36.4 Å². The zero-order valence-corrected chi connectivity index (χ0v) is 10.2. The van der Waals surface area contributed by atoms with E-state index in [1.807, 2.05) is 0 Å². The van der Waals surface area contributed by atoms with Crippen LogP contribution in [-0.2, 0) is 29.1 Å². The molecule has 94 valence electrons. The highest BCUT2D eigenvalue weighted by Crippen LogP contribution is 2.11. The average Bonchev–Trinajstić information content (AvgIpc) is 2.39. The molecule has 0 spiro atoms. The van der Waals surface area contributed by atoms with E-state index in [1.165, 1.54) is 0 Å². The Kier molecular flexibility index (Phi) is 3.30. The number of sulfone groups is 1. The predicted molar refractivity (Wildman–Crippen MR) is 63.7 cm³/mol. The minimum Gasteiger partial charge on any atom is -0.330 e. The van der Waals surface area contributed by atoms with Gasteiger partial charge in [0.05, 0.1) is 17.2 Å². The molecule has 0 saturated carbocycles. The van der Waals surface area contributed by atoms with Crippen molar-refractivity contribution in [2.75, 3.05) is 18.1 Å². The first-order chi connectivity index (χ1) is 8.02. The Morgan fingerprint density at radius 1 is 1.29 bits per heavy atom. The molecule has 0 aromatic carbocycles. The molecule has 0 amide bonds. The highest BCUT2D eigenvalue weighted by Gasteiger charge is 2.21. The predicted octanol–water partition coefficient (Wildman–Crippen LogP) is -1.22. The summed E-state index contributed by atoms with van der Waals surface area (Å²) in [5.74, 6) is 0.634. The van der Waals surface area contributed by atoms with Crippen molar-refractivity contribution in [3.05, 3.63) is 27.4 Å². The van der Waals surface area contributed by atoms with Gasteiger partial charge in [-0.2, -0.15) is 0 Å². The zero-order chi connectivity index (χ0) is 12.5. The Hall–Kier alpha value is -1.21. The van der Waals surface area contributed by atoms with Gasteiger partial charge in [-0.05, 0) is 13.0 Å². The van der Waals surface area contributed by atoms with E-state index in [1.54, 1.807) is 0 Å².